The highest BCUT2D eigenvalue weighted by atomic mass is 19.4. The Labute approximate surface area is 190 Å². The van der Waals surface area contributed by atoms with Crippen molar-refractivity contribution in [2.24, 2.45) is 5.41 Å². The summed E-state index contributed by atoms with van der Waals surface area (Å²) >= 11 is 0. The molecule has 0 amide bonds. The summed E-state index contributed by atoms with van der Waals surface area (Å²) < 4.78 is 49.4. The van der Waals surface area contributed by atoms with Crippen molar-refractivity contribution in [3.63, 3.8) is 0 Å². The van der Waals surface area contributed by atoms with Gasteiger partial charge in [-0.1, -0.05) is 17.3 Å². The maximum atomic E-state index is 12.7. The van der Waals surface area contributed by atoms with Crippen LogP contribution in [0.5, 0.6) is 11.6 Å². The number of piperidine rings is 1. The molecule has 1 saturated heterocycles. The minimum atomic E-state index is -4.41. The second-order valence-corrected chi connectivity index (χ2v) is 9.35. The number of rotatable bonds is 4. The Balaban J connectivity index is 1.19. The summed E-state index contributed by atoms with van der Waals surface area (Å²) in [5.41, 5.74) is 2.85. The Morgan fingerprint density at radius 1 is 1.09 bits per heavy atom. The number of aryl methyl sites for hydroxylation is 1. The number of alkyl halides is 3. The molecule has 5 nitrogen and oxygen atoms in total. The van der Waals surface area contributed by atoms with Crippen molar-refractivity contribution in [3.05, 3.63) is 65.0 Å². The molecule has 0 N–H and O–H groups in total. The van der Waals surface area contributed by atoms with E-state index in [1.165, 1.54) is 11.6 Å². The summed E-state index contributed by atoms with van der Waals surface area (Å²) in [6.45, 7) is 5.98. The fourth-order valence-corrected chi connectivity index (χ4v) is 5.07. The van der Waals surface area contributed by atoms with Crippen LogP contribution in [0.3, 0.4) is 0 Å². The van der Waals surface area contributed by atoms with E-state index in [0.29, 0.717) is 17.1 Å². The third-order valence-corrected chi connectivity index (χ3v) is 7.22. The van der Waals surface area contributed by atoms with Gasteiger partial charge in [-0.3, -0.25) is 0 Å². The standard InChI is InChI=1S/C25H26F3N3O2/c1-16-17(2)30-33-23(16)31-10-8-24(9-11-31)13-19(14-24)18-4-3-5-21(12-18)32-22-7-6-20(15-29-22)25(26,27)28/h3-7,12,15,19H,8-11,13-14H2,1-2H3. The summed E-state index contributed by atoms with van der Waals surface area (Å²) in [7, 11) is 0. The van der Waals surface area contributed by atoms with Crippen LogP contribution in [-0.2, 0) is 6.18 Å². The summed E-state index contributed by atoms with van der Waals surface area (Å²) in [6.07, 6.45) is 0.925. The van der Waals surface area contributed by atoms with Gasteiger partial charge in [-0.25, -0.2) is 4.98 Å². The highest BCUT2D eigenvalue weighted by Gasteiger charge is 2.46. The molecule has 1 spiro atoms. The molecule has 0 unspecified atom stereocenters. The Hall–Kier alpha value is -3.03. The van der Waals surface area contributed by atoms with Crippen LogP contribution in [0, 0.1) is 19.3 Å². The second-order valence-electron chi connectivity index (χ2n) is 9.35. The maximum absolute atomic E-state index is 12.7. The molecule has 1 aliphatic heterocycles. The number of hydrogen-bond acceptors (Lipinski definition) is 5. The average molecular weight is 457 g/mol. The minimum absolute atomic E-state index is 0.149. The Bertz CT molecular complexity index is 1120. The number of ether oxygens (including phenoxy) is 1. The topological polar surface area (TPSA) is 51.4 Å². The third kappa shape index (κ3) is 4.30. The molecular weight excluding hydrogens is 431 g/mol. The van der Waals surface area contributed by atoms with Crippen molar-refractivity contribution in [1.29, 1.82) is 0 Å². The van der Waals surface area contributed by atoms with Crippen LogP contribution in [0.15, 0.2) is 47.1 Å². The van der Waals surface area contributed by atoms with Gasteiger partial charge in [0.15, 0.2) is 0 Å². The van der Waals surface area contributed by atoms with Gasteiger partial charge in [0.25, 0.3) is 0 Å². The molecule has 1 saturated carbocycles. The van der Waals surface area contributed by atoms with E-state index in [-0.39, 0.29) is 5.88 Å². The number of halogens is 3. The van der Waals surface area contributed by atoms with Gasteiger partial charge >= 0.3 is 6.18 Å². The van der Waals surface area contributed by atoms with Crippen molar-refractivity contribution in [1.82, 2.24) is 10.1 Å². The SMILES string of the molecule is Cc1noc(N2CCC3(CC2)CC(c2cccc(Oc4ccc(C(F)(F)F)cn4)c2)C3)c1C. The van der Waals surface area contributed by atoms with Crippen LogP contribution in [0.25, 0.3) is 0 Å². The zero-order valence-electron chi connectivity index (χ0n) is 18.7. The van der Waals surface area contributed by atoms with E-state index in [4.69, 9.17) is 9.26 Å². The Morgan fingerprint density at radius 2 is 1.85 bits per heavy atom. The fourth-order valence-electron chi connectivity index (χ4n) is 5.07. The molecule has 2 aliphatic rings. The normalized spacial score (nSPS) is 18.4. The molecule has 1 aromatic carbocycles. The predicted molar refractivity (Wildman–Crippen MR) is 118 cm³/mol. The number of aromatic nitrogens is 2. The second kappa shape index (κ2) is 8.08. The number of pyridine rings is 1. The summed E-state index contributed by atoms with van der Waals surface area (Å²) in [5, 5.41) is 4.08. The van der Waals surface area contributed by atoms with E-state index in [1.54, 1.807) is 6.07 Å². The summed E-state index contributed by atoms with van der Waals surface area (Å²) in [4.78, 5) is 6.10. The first-order valence-electron chi connectivity index (χ1n) is 11.2. The van der Waals surface area contributed by atoms with Crippen LogP contribution < -0.4 is 9.64 Å². The van der Waals surface area contributed by atoms with Crippen LogP contribution in [0.4, 0.5) is 19.1 Å². The molecule has 0 bridgehead atoms. The molecule has 0 atom stereocenters. The smallest absolute Gasteiger partial charge is 0.417 e. The zero-order chi connectivity index (χ0) is 23.2. The molecule has 3 heterocycles. The average Bonchev–Trinajstić information content (AvgIpc) is 3.10. The number of anilines is 1. The van der Waals surface area contributed by atoms with E-state index in [0.717, 1.165) is 68.2 Å². The molecule has 33 heavy (non-hydrogen) atoms. The predicted octanol–water partition coefficient (Wildman–Crippen LogP) is 6.66. The highest BCUT2D eigenvalue weighted by molar-refractivity contribution is 5.45. The molecule has 5 rings (SSSR count). The van der Waals surface area contributed by atoms with E-state index in [9.17, 15) is 13.2 Å². The molecule has 1 aliphatic carbocycles. The molecule has 174 valence electrons. The lowest BCUT2D eigenvalue weighted by Crippen LogP contribution is -2.46. The van der Waals surface area contributed by atoms with Gasteiger partial charge in [0.05, 0.1) is 11.3 Å². The first kappa shape index (κ1) is 21.8. The van der Waals surface area contributed by atoms with Crippen LogP contribution in [0.2, 0.25) is 0 Å². The minimum Gasteiger partial charge on any atom is -0.439 e. The first-order chi connectivity index (χ1) is 15.7. The lowest BCUT2D eigenvalue weighted by molar-refractivity contribution is -0.137. The van der Waals surface area contributed by atoms with Gasteiger partial charge < -0.3 is 14.2 Å². The Morgan fingerprint density at radius 3 is 2.45 bits per heavy atom. The fraction of sp³-hybridized carbons (Fsp3) is 0.440. The maximum Gasteiger partial charge on any atom is 0.417 e. The van der Waals surface area contributed by atoms with Crippen LogP contribution >= 0.6 is 0 Å². The van der Waals surface area contributed by atoms with Gasteiger partial charge in [-0.15, -0.1) is 0 Å². The van der Waals surface area contributed by atoms with E-state index >= 15 is 0 Å². The van der Waals surface area contributed by atoms with Crippen molar-refractivity contribution < 1.29 is 22.4 Å². The van der Waals surface area contributed by atoms with Gasteiger partial charge in [-0.2, -0.15) is 13.2 Å². The van der Waals surface area contributed by atoms with Crippen molar-refractivity contribution in [3.8, 4) is 11.6 Å². The monoisotopic (exact) mass is 457 g/mol. The van der Waals surface area contributed by atoms with Crippen molar-refractivity contribution >= 4 is 5.88 Å². The highest BCUT2D eigenvalue weighted by Crippen LogP contribution is 2.57. The molecule has 2 fully saturated rings. The molecular formula is C25H26F3N3O2. The van der Waals surface area contributed by atoms with Crippen molar-refractivity contribution in [2.45, 2.75) is 51.6 Å². The van der Waals surface area contributed by atoms with E-state index < -0.39 is 11.7 Å². The largest absolute Gasteiger partial charge is 0.439 e. The number of hydrogen-bond donors (Lipinski definition) is 0. The molecule has 8 heteroatoms. The lowest BCUT2D eigenvalue weighted by atomic mass is 9.56. The first-order valence-corrected chi connectivity index (χ1v) is 11.2. The van der Waals surface area contributed by atoms with Gasteiger partial charge in [0.1, 0.15) is 5.75 Å². The quantitative estimate of drug-likeness (QED) is 0.438. The van der Waals surface area contributed by atoms with Crippen LogP contribution in [-0.4, -0.2) is 23.2 Å². The van der Waals surface area contributed by atoms with Gasteiger partial charge in [-0.05, 0) is 74.6 Å². The molecule has 2 aromatic heterocycles. The van der Waals surface area contributed by atoms with Crippen molar-refractivity contribution in [2.75, 3.05) is 18.0 Å². The number of nitrogens with zero attached hydrogens (tertiary/aromatic N) is 3. The zero-order valence-corrected chi connectivity index (χ0v) is 18.7. The third-order valence-electron chi connectivity index (χ3n) is 7.22. The van der Waals surface area contributed by atoms with E-state index in [1.807, 2.05) is 19.1 Å². The van der Waals surface area contributed by atoms with Gasteiger partial charge in [0, 0.05) is 30.9 Å². The van der Waals surface area contributed by atoms with Crippen LogP contribution in [0.1, 0.15) is 54.0 Å². The lowest BCUT2D eigenvalue weighted by Gasteiger charge is -2.52. The number of benzene rings is 1. The van der Waals surface area contributed by atoms with Gasteiger partial charge in [0.2, 0.25) is 11.8 Å². The molecule has 3 aromatic rings. The summed E-state index contributed by atoms with van der Waals surface area (Å²) in [6, 6.07) is 10.0. The Kier molecular flexibility index (Phi) is 5.34. The van der Waals surface area contributed by atoms with E-state index in [2.05, 4.69) is 28.0 Å². The summed E-state index contributed by atoms with van der Waals surface area (Å²) in [5.74, 6) is 2.11. The molecule has 0 radical (unpaired) electrons.